The number of amides is 2. The summed E-state index contributed by atoms with van der Waals surface area (Å²) in [7, 11) is 1.62. The highest BCUT2D eigenvalue weighted by Crippen LogP contribution is 2.42. The molecule has 1 fully saturated rings. The van der Waals surface area contributed by atoms with Gasteiger partial charge in [-0.15, -0.1) is 11.3 Å². The first-order valence-electron chi connectivity index (χ1n) is 7.95. The Balaban J connectivity index is 1.61. The van der Waals surface area contributed by atoms with Crippen molar-refractivity contribution in [3.63, 3.8) is 0 Å². The number of ether oxygens (including phenoxy) is 1. The zero-order valence-corrected chi connectivity index (χ0v) is 14.1. The summed E-state index contributed by atoms with van der Waals surface area (Å²) in [6.07, 6.45) is 4.76. The van der Waals surface area contributed by atoms with E-state index >= 15 is 0 Å². The van der Waals surface area contributed by atoms with Gasteiger partial charge in [0.15, 0.2) is 0 Å². The molecule has 0 atom stereocenters. The number of hydrogen-bond acceptors (Lipinski definition) is 3. The largest absolute Gasteiger partial charge is 0.497 e. The number of rotatable bonds is 5. The molecular formula is C18H22N2O2S. The number of urea groups is 1. The molecule has 4 nitrogen and oxygen atoms in total. The molecule has 0 spiro atoms. The van der Waals surface area contributed by atoms with Crippen LogP contribution in [0.1, 0.15) is 30.6 Å². The molecule has 23 heavy (non-hydrogen) atoms. The number of hydrogen-bond donors (Lipinski definition) is 2. The lowest BCUT2D eigenvalue weighted by molar-refractivity contribution is 0.248. The molecule has 0 radical (unpaired) electrons. The fourth-order valence-electron chi connectivity index (χ4n) is 3.27. The summed E-state index contributed by atoms with van der Waals surface area (Å²) in [6, 6.07) is 11.5. The second kappa shape index (κ2) is 7.04. The van der Waals surface area contributed by atoms with Crippen LogP contribution in [-0.2, 0) is 5.41 Å². The van der Waals surface area contributed by atoms with Crippen LogP contribution in [0.5, 0.6) is 5.75 Å². The van der Waals surface area contributed by atoms with Gasteiger partial charge in [-0.1, -0.05) is 25.0 Å². The van der Waals surface area contributed by atoms with Crippen LogP contribution in [0.15, 0.2) is 41.8 Å². The Hall–Kier alpha value is -2.01. The lowest BCUT2D eigenvalue weighted by Gasteiger charge is -2.28. The van der Waals surface area contributed by atoms with Crippen LogP contribution < -0.4 is 15.4 Å². The topological polar surface area (TPSA) is 50.4 Å². The predicted molar refractivity (Wildman–Crippen MR) is 94.5 cm³/mol. The van der Waals surface area contributed by atoms with Gasteiger partial charge in [0, 0.05) is 28.6 Å². The van der Waals surface area contributed by atoms with Crippen LogP contribution in [0.2, 0.25) is 0 Å². The van der Waals surface area contributed by atoms with E-state index in [0.717, 1.165) is 24.3 Å². The van der Waals surface area contributed by atoms with Gasteiger partial charge in [-0.25, -0.2) is 4.79 Å². The van der Waals surface area contributed by atoms with Crippen molar-refractivity contribution in [3.8, 4) is 5.75 Å². The van der Waals surface area contributed by atoms with E-state index < -0.39 is 0 Å². The average molecular weight is 330 g/mol. The lowest BCUT2D eigenvalue weighted by atomic mass is 9.84. The smallest absolute Gasteiger partial charge is 0.319 e. The standard InChI is InChI=1S/C18H22N2O2S/c1-22-15-7-4-6-14(12-15)20-17(21)19-13-18(9-2-3-10-18)16-8-5-11-23-16/h4-8,11-12H,2-3,9-10,13H2,1H3,(H2,19,20,21). The molecule has 1 aliphatic carbocycles. The van der Waals surface area contributed by atoms with Gasteiger partial charge in [0.1, 0.15) is 5.75 Å². The van der Waals surface area contributed by atoms with Crippen LogP contribution in [-0.4, -0.2) is 19.7 Å². The van der Waals surface area contributed by atoms with Gasteiger partial charge >= 0.3 is 6.03 Å². The number of carbonyl (C=O) groups is 1. The highest BCUT2D eigenvalue weighted by atomic mass is 32.1. The Labute approximate surface area is 140 Å². The molecule has 1 aliphatic rings. The van der Waals surface area contributed by atoms with Crippen molar-refractivity contribution in [2.75, 3.05) is 19.0 Å². The maximum absolute atomic E-state index is 12.2. The molecule has 1 saturated carbocycles. The van der Waals surface area contributed by atoms with E-state index in [-0.39, 0.29) is 11.4 Å². The van der Waals surface area contributed by atoms with Gasteiger partial charge in [0.25, 0.3) is 0 Å². The van der Waals surface area contributed by atoms with Gasteiger partial charge in [0.2, 0.25) is 0 Å². The van der Waals surface area contributed by atoms with Crippen molar-refractivity contribution in [1.29, 1.82) is 0 Å². The fourth-order valence-corrected chi connectivity index (χ4v) is 4.26. The monoisotopic (exact) mass is 330 g/mol. The van der Waals surface area contributed by atoms with Crippen molar-refractivity contribution in [3.05, 3.63) is 46.7 Å². The molecule has 1 aromatic heterocycles. The predicted octanol–water partition coefficient (Wildman–Crippen LogP) is 4.39. The Bertz CT molecular complexity index is 649. The highest BCUT2D eigenvalue weighted by Gasteiger charge is 2.36. The Morgan fingerprint density at radius 3 is 2.78 bits per heavy atom. The highest BCUT2D eigenvalue weighted by molar-refractivity contribution is 7.10. The van der Waals surface area contributed by atoms with Crippen LogP contribution >= 0.6 is 11.3 Å². The molecule has 0 saturated heterocycles. The zero-order valence-electron chi connectivity index (χ0n) is 13.3. The zero-order chi connectivity index (χ0) is 16.1. The molecule has 122 valence electrons. The van der Waals surface area contributed by atoms with E-state index in [2.05, 4.69) is 28.1 Å². The summed E-state index contributed by atoms with van der Waals surface area (Å²) in [5.74, 6) is 0.730. The molecule has 0 unspecified atom stereocenters. The van der Waals surface area contributed by atoms with E-state index in [0.29, 0.717) is 6.54 Å². The molecule has 0 bridgehead atoms. The van der Waals surface area contributed by atoms with E-state index in [1.165, 1.54) is 17.7 Å². The number of nitrogens with one attached hydrogen (secondary N) is 2. The molecule has 5 heteroatoms. The third-order valence-electron chi connectivity index (χ3n) is 4.52. The van der Waals surface area contributed by atoms with Gasteiger partial charge < -0.3 is 15.4 Å². The van der Waals surface area contributed by atoms with Crippen LogP contribution in [0.3, 0.4) is 0 Å². The van der Waals surface area contributed by atoms with E-state index in [1.54, 1.807) is 18.4 Å². The maximum atomic E-state index is 12.2. The first kappa shape index (κ1) is 15.9. The number of methoxy groups -OCH3 is 1. The third kappa shape index (κ3) is 3.67. The van der Waals surface area contributed by atoms with Crippen molar-refractivity contribution >= 4 is 23.1 Å². The minimum atomic E-state index is -0.166. The average Bonchev–Trinajstić information content (AvgIpc) is 3.25. The van der Waals surface area contributed by atoms with Crippen molar-refractivity contribution in [1.82, 2.24) is 5.32 Å². The second-order valence-corrected chi connectivity index (χ2v) is 6.95. The lowest BCUT2D eigenvalue weighted by Crippen LogP contribution is -2.40. The second-order valence-electron chi connectivity index (χ2n) is 6.00. The minimum absolute atomic E-state index is 0.111. The molecule has 3 rings (SSSR count). The quantitative estimate of drug-likeness (QED) is 0.854. The van der Waals surface area contributed by atoms with Gasteiger partial charge in [-0.05, 0) is 36.4 Å². The molecule has 1 heterocycles. The number of thiophene rings is 1. The fraction of sp³-hybridized carbons (Fsp3) is 0.389. The Kier molecular flexibility index (Phi) is 4.86. The van der Waals surface area contributed by atoms with Gasteiger partial charge in [-0.2, -0.15) is 0 Å². The third-order valence-corrected chi connectivity index (χ3v) is 5.64. The van der Waals surface area contributed by atoms with Crippen LogP contribution in [0.4, 0.5) is 10.5 Å². The van der Waals surface area contributed by atoms with E-state index in [4.69, 9.17) is 4.74 Å². The maximum Gasteiger partial charge on any atom is 0.319 e. The first-order valence-corrected chi connectivity index (χ1v) is 8.83. The summed E-state index contributed by atoms with van der Waals surface area (Å²) in [5, 5.41) is 8.05. The summed E-state index contributed by atoms with van der Waals surface area (Å²) in [6.45, 7) is 0.684. The molecule has 2 N–H and O–H groups in total. The van der Waals surface area contributed by atoms with Crippen molar-refractivity contribution in [2.45, 2.75) is 31.1 Å². The molecule has 0 aliphatic heterocycles. The Morgan fingerprint density at radius 1 is 1.26 bits per heavy atom. The first-order chi connectivity index (χ1) is 11.2. The van der Waals surface area contributed by atoms with Gasteiger partial charge in [0.05, 0.1) is 7.11 Å². The number of carbonyl (C=O) groups excluding carboxylic acids is 1. The summed E-state index contributed by atoms with van der Waals surface area (Å²) >= 11 is 1.79. The SMILES string of the molecule is COc1cccc(NC(=O)NCC2(c3cccs3)CCCC2)c1. The van der Waals surface area contributed by atoms with Crippen molar-refractivity contribution in [2.24, 2.45) is 0 Å². The summed E-state index contributed by atoms with van der Waals surface area (Å²) < 4.78 is 5.17. The minimum Gasteiger partial charge on any atom is -0.497 e. The molecule has 1 aromatic carbocycles. The molecular weight excluding hydrogens is 308 g/mol. The van der Waals surface area contributed by atoms with Crippen LogP contribution in [0, 0.1) is 0 Å². The molecule has 2 aromatic rings. The normalized spacial score (nSPS) is 16.0. The van der Waals surface area contributed by atoms with E-state index in [1.807, 2.05) is 24.3 Å². The van der Waals surface area contributed by atoms with Gasteiger partial charge in [-0.3, -0.25) is 0 Å². The number of benzene rings is 1. The molecule has 2 amide bonds. The Morgan fingerprint density at radius 2 is 2.09 bits per heavy atom. The van der Waals surface area contributed by atoms with E-state index in [9.17, 15) is 4.79 Å². The van der Waals surface area contributed by atoms with Crippen LogP contribution in [0.25, 0.3) is 0 Å². The summed E-state index contributed by atoms with van der Waals surface area (Å²) in [5.41, 5.74) is 0.846. The van der Waals surface area contributed by atoms with Crippen molar-refractivity contribution < 1.29 is 9.53 Å². The summed E-state index contributed by atoms with van der Waals surface area (Å²) in [4.78, 5) is 13.6. The number of anilines is 1.